The molecule has 0 bridgehead atoms. The molecule has 1 fully saturated rings. The van der Waals surface area contributed by atoms with Crippen molar-refractivity contribution < 1.29 is 29.4 Å². The predicted molar refractivity (Wildman–Crippen MR) is 141 cm³/mol. The predicted octanol–water partition coefficient (Wildman–Crippen LogP) is -0.598. The van der Waals surface area contributed by atoms with Gasteiger partial charge in [0.25, 0.3) is 0 Å². The van der Waals surface area contributed by atoms with Gasteiger partial charge in [-0.1, -0.05) is 12.1 Å². The number of aliphatic carboxylic acids is 1. The Morgan fingerprint density at radius 2 is 1.85 bits per heavy atom. The number of H-pyrrole nitrogens is 1. The number of benzene rings is 1. The van der Waals surface area contributed by atoms with Crippen molar-refractivity contribution in [3.63, 3.8) is 0 Å². The number of carbonyl (C=O) groups is 4. The normalized spacial score (nSPS) is 17.3. The quantitative estimate of drug-likeness (QED) is 0.151. The lowest BCUT2D eigenvalue weighted by molar-refractivity contribution is -0.143. The van der Waals surface area contributed by atoms with Gasteiger partial charge in [-0.15, -0.1) is 0 Å². The molecule has 9 N–H and O–H groups in total. The van der Waals surface area contributed by atoms with Crippen molar-refractivity contribution in [2.45, 2.75) is 69.1 Å². The van der Waals surface area contributed by atoms with Gasteiger partial charge in [-0.3, -0.25) is 14.4 Å². The molecule has 1 saturated heterocycles. The Balaban J connectivity index is 1.66. The molecule has 0 spiro atoms. The molecule has 1 aromatic heterocycles. The zero-order valence-electron chi connectivity index (χ0n) is 21.7. The second-order valence-electron chi connectivity index (χ2n) is 9.69. The first-order valence-corrected chi connectivity index (χ1v) is 13.0. The average Bonchev–Trinajstić information content (AvgIpc) is 3.61. The van der Waals surface area contributed by atoms with Gasteiger partial charge in [0.05, 0.1) is 12.4 Å². The Hall–Kier alpha value is -3.97. The fourth-order valence-electron chi connectivity index (χ4n) is 4.61. The highest BCUT2D eigenvalue weighted by molar-refractivity contribution is 5.94. The SMILES string of the molecule is NCCCCC(NC(=O)C1CCCN1C(=O)C(N)Cc1cnc[nH]1)C(=O)NC(Cc1ccc(O)cc1)C(=O)O. The molecule has 4 atom stereocenters. The summed E-state index contributed by atoms with van der Waals surface area (Å²) in [7, 11) is 0. The van der Waals surface area contributed by atoms with Crippen LogP contribution in [0, 0.1) is 0 Å². The molecule has 0 saturated carbocycles. The number of unbranched alkanes of at least 4 members (excludes halogenated alkanes) is 1. The monoisotopic (exact) mass is 543 g/mol. The van der Waals surface area contributed by atoms with Gasteiger partial charge in [-0.05, 0) is 56.3 Å². The minimum absolute atomic E-state index is 0.00998. The second kappa shape index (κ2) is 14.3. The third kappa shape index (κ3) is 8.52. The number of aromatic nitrogens is 2. The Kier molecular flexibility index (Phi) is 10.8. The number of amides is 3. The van der Waals surface area contributed by atoms with Crippen LogP contribution in [0.3, 0.4) is 0 Å². The van der Waals surface area contributed by atoms with E-state index in [0.717, 1.165) is 0 Å². The number of rotatable bonds is 14. The van der Waals surface area contributed by atoms with Crippen molar-refractivity contribution in [1.82, 2.24) is 25.5 Å². The molecule has 13 heteroatoms. The third-order valence-corrected chi connectivity index (χ3v) is 6.72. The number of nitrogens with zero attached hydrogens (tertiary/aromatic N) is 2. The van der Waals surface area contributed by atoms with Crippen LogP contribution < -0.4 is 22.1 Å². The average molecular weight is 544 g/mol. The van der Waals surface area contributed by atoms with E-state index in [2.05, 4.69) is 20.6 Å². The van der Waals surface area contributed by atoms with E-state index < -0.39 is 42.0 Å². The maximum absolute atomic E-state index is 13.3. The standard InChI is InChI=1S/C26H37N7O6/c27-10-2-1-4-20(23(35)32-21(26(38)39)12-16-6-8-18(34)9-7-16)31-24(36)22-5-3-11-33(22)25(37)19(28)13-17-14-29-15-30-17/h6-9,14-15,19-22,34H,1-5,10-13,27-28H2,(H,29,30)(H,31,36)(H,32,35)(H,38,39). The van der Waals surface area contributed by atoms with E-state index in [-0.39, 0.29) is 30.9 Å². The van der Waals surface area contributed by atoms with Gasteiger partial charge < -0.3 is 42.2 Å². The highest BCUT2D eigenvalue weighted by atomic mass is 16.4. The fraction of sp³-hybridized carbons (Fsp3) is 0.500. The summed E-state index contributed by atoms with van der Waals surface area (Å²) in [6.07, 6.45) is 5.74. The lowest BCUT2D eigenvalue weighted by Gasteiger charge is -2.28. The van der Waals surface area contributed by atoms with Crippen LogP contribution in [0.5, 0.6) is 5.75 Å². The Morgan fingerprint density at radius 1 is 1.10 bits per heavy atom. The highest BCUT2D eigenvalue weighted by Gasteiger charge is 2.38. The van der Waals surface area contributed by atoms with Crippen molar-refractivity contribution in [2.24, 2.45) is 11.5 Å². The van der Waals surface area contributed by atoms with Gasteiger partial charge in [0.2, 0.25) is 17.7 Å². The van der Waals surface area contributed by atoms with Crippen molar-refractivity contribution >= 4 is 23.7 Å². The summed E-state index contributed by atoms with van der Waals surface area (Å²) in [6, 6.07) is 2.09. The van der Waals surface area contributed by atoms with Gasteiger partial charge >= 0.3 is 5.97 Å². The fourth-order valence-corrected chi connectivity index (χ4v) is 4.61. The van der Waals surface area contributed by atoms with E-state index in [9.17, 15) is 29.4 Å². The van der Waals surface area contributed by atoms with Crippen LogP contribution in [0.25, 0.3) is 0 Å². The molecule has 1 aliphatic rings. The van der Waals surface area contributed by atoms with Gasteiger partial charge in [0.1, 0.15) is 23.9 Å². The Labute approximate surface area is 226 Å². The molecule has 1 aromatic carbocycles. The zero-order chi connectivity index (χ0) is 28.4. The number of carboxylic acid groups (broad SMARTS) is 1. The summed E-state index contributed by atoms with van der Waals surface area (Å²) in [5.74, 6) is -2.70. The Bertz CT molecular complexity index is 1110. The summed E-state index contributed by atoms with van der Waals surface area (Å²) in [4.78, 5) is 59.7. The largest absolute Gasteiger partial charge is 0.508 e. The number of phenolic OH excluding ortho intramolecular Hbond substituents is 1. The van der Waals surface area contributed by atoms with Crippen molar-refractivity contribution in [1.29, 1.82) is 0 Å². The number of hydrogen-bond donors (Lipinski definition) is 7. The number of nitrogens with two attached hydrogens (primary N) is 2. The molecule has 4 unspecified atom stereocenters. The van der Waals surface area contributed by atoms with E-state index in [1.165, 1.54) is 23.4 Å². The number of aromatic amines is 1. The van der Waals surface area contributed by atoms with Crippen molar-refractivity contribution in [2.75, 3.05) is 13.1 Å². The first-order valence-electron chi connectivity index (χ1n) is 13.0. The van der Waals surface area contributed by atoms with Crippen molar-refractivity contribution in [3.8, 4) is 5.75 Å². The van der Waals surface area contributed by atoms with Crippen LogP contribution in [0.4, 0.5) is 0 Å². The minimum atomic E-state index is -1.25. The lowest BCUT2D eigenvalue weighted by atomic mass is 10.0. The number of hydrogen-bond acceptors (Lipinski definition) is 8. The summed E-state index contributed by atoms with van der Waals surface area (Å²) >= 11 is 0. The van der Waals surface area contributed by atoms with Crippen molar-refractivity contribution in [3.05, 3.63) is 48.0 Å². The summed E-state index contributed by atoms with van der Waals surface area (Å²) in [5.41, 5.74) is 13.0. The van der Waals surface area contributed by atoms with E-state index in [1.54, 1.807) is 18.3 Å². The molecule has 2 heterocycles. The van der Waals surface area contributed by atoms with Gasteiger partial charge in [0.15, 0.2) is 0 Å². The number of carboxylic acids is 1. The molecule has 13 nitrogen and oxygen atoms in total. The first-order chi connectivity index (χ1) is 18.7. The molecule has 3 rings (SSSR count). The number of phenols is 1. The molecule has 2 aromatic rings. The number of nitrogens with one attached hydrogen (secondary N) is 3. The Morgan fingerprint density at radius 3 is 2.49 bits per heavy atom. The van der Waals surface area contributed by atoms with Crippen LogP contribution >= 0.6 is 0 Å². The summed E-state index contributed by atoms with van der Waals surface area (Å²) in [5, 5.41) is 24.4. The van der Waals surface area contributed by atoms with Crippen LogP contribution in [0.2, 0.25) is 0 Å². The number of likely N-dealkylation sites (tertiary alicyclic amines) is 1. The topological polar surface area (TPSA) is 217 Å². The highest BCUT2D eigenvalue weighted by Crippen LogP contribution is 2.20. The number of imidazole rings is 1. The minimum Gasteiger partial charge on any atom is -0.508 e. The summed E-state index contributed by atoms with van der Waals surface area (Å²) < 4.78 is 0. The molecule has 3 amide bonds. The smallest absolute Gasteiger partial charge is 0.326 e. The van der Waals surface area contributed by atoms with Crippen LogP contribution in [-0.2, 0) is 32.0 Å². The van der Waals surface area contributed by atoms with Gasteiger partial charge in [-0.2, -0.15) is 0 Å². The van der Waals surface area contributed by atoms with Crippen LogP contribution in [-0.4, -0.2) is 86.0 Å². The molecule has 39 heavy (non-hydrogen) atoms. The third-order valence-electron chi connectivity index (χ3n) is 6.72. The van der Waals surface area contributed by atoms with Crippen LogP contribution in [0.1, 0.15) is 43.4 Å². The lowest BCUT2D eigenvalue weighted by Crippen LogP contribution is -2.57. The molecule has 0 aliphatic carbocycles. The maximum Gasteiger partial charge on any atom is 0.326 e. The van der Waals surface area contributed by atoms with E-state index in [0.29, 0.717) is 50.0 Å². The number of aromatic hydroxyl groups is 1. The molecular formula is C26H37N7O6. The van der Waals surface area contributed by atoms with Gasteiger partial charge in [-0.25, -0.2) is 9.78 Å². The molecule has 0 radical (unpaired) electrons. The van der Waals surface area contributed by atoms with E-state index >= 15 is 0 Å². The van der Waals surface area contributed by atoms with E-state index in [4.69, 9.17) is 11.5 Å². The van der Waals surface area contributed by atoms with E-state index in [1.807, 2.05) is 0 Å². The first kappa shape index (κ1) is 29.6. The number of carbonyl (C=O) groups excluding carboxylic acids is 3. The maximum atomic E-state index is 13.3. The zero-order valence-corrected chi connectivity index (χ0v) is 21.7. The molecule has 1 aliphatic heterocycles. The van der Waals surface area contributed by atoms with Crippen LogP contribution in [0.15, 0.2) is 36.8 Å². The summed E-state index contributed by atoms with van der Waals surface area (Å²) in [6.45, 7) is 0.769. The second-order valence-corrected chi connectivity index (χ2v) is 9.69. The molecular weight excluding hydrogens is 506 g/mol. The van der Waals surface area contributed by atoms with Gasteiger partial charge in [0, 0.05) is 31.3 Å². The molecule has 212 valence electrons.